The van der Waals surface area contributed by atoms with Crippen LogP contribution in [0.4, 0.5) is 0 Å². The third-order valence-electron chi connectivity index (χ3n) is 2.22. The van der Waals surface area contributed by atoms with Crippen molar-refractivity contribution in [1.29, 1.82) is 0 Å². The van der Waals surface area contributed by atoms with Crippen molar-refractivity contribution in [2.24, 2.45) is 0 Å². The quantitative estimate of drug-likeness (QED) is 0.760. The molecule has 0 fully saturated rings. The molecule has 0 aliphatic carbocycles. The smallest absolute Gasteiger partial charge is 0.240 e. The minimum Gasteiger partial charge on any atom is -0.315 e. The number of nitrogens with one attached hydrogen (secondary N) is 2. The summed E-state index contributed by atoms with van der Waals surface area (Å²) in [6.45, 7) is 3.85. The minimum absolute atomic E-state index is 0.118. The summed E-state index contributed by atoms with van der Waals surface area (Å²) in [6, 6.07) is 4.23. The van der Waals surface area contributed by atoms with Gasteiger partial charge in [-0.1, -0.05) is 30.1 Å². The van der Waals surface area contributed by atoms with Crippen LogP contribution in [0.25, 0.3) is 0 Å². The summed E-state index contributed by atoms with van der Waals surface area (Å²) in [7, 11) is -3.52. The number of halogens is 2. The Morgan fingerprint density at radius 3 is 2.44 bits per heavy atom. The number of sulfonamides is 1. The van der Waals surface area contributed by atoms with Crippen molar-refractivity contribution < 1.29 is 8.42 Å². The summed E-state index contributed by atoms with van der Waals surface area (Å²) in [6.07, 6.45) is 1.01. The molecule has 102 valence electrons. The maximum atomic E-state index is 11.9. The molecular weight excluding hydrogens is 295 g/mol. The molecule has 0 aliphatic heterocycles. The van der Waals surface area contributed by atoms with Crippen LogP contribution in [0.5, 0.6) is 0 Å². The molecule has 0 saturated heterocycles. The topological polar surface area (TPSA) is 58.2 Å². The van der Waals surface area contributed by atoms with E-state index >= 15 is 0 Å². The Morgan fingerprint density at radius 1 is 1.11 bits per heavy atom. The fourth-order valence-electron chi connectivity index (χ4n) is 1.30. The fraction of sp³-hybridized carbons (Fsp3) is 0.455. The van der Waals surface area contributed by atoms with Crippen molar-refractivity contribution in [3.8, 4) is 0 Å². The standard InChI is InChI=1S/C11H16Cl2N2O2S/c1-2-5-14-6-7-15-18(16,17)9-3-4-10(12)11(13)8-9/h3-4,8,14-15H,2,5-7H2,1H3. The second-order valence-electron chi connectivity index (χ2n) is 3.72. The Hall–Kier alpha value is -0.330. The fourth-order valence-corrected chi connectivity index (χ4v) is 2.72. The molecule has 2 N–H and O–H groups in total. The molecule has 0 unspecified atom stereocenters. The van der Waals surface area contributed by atoms with Gasteiger partial charge in [-0.05, 0) is 31.2 Å². The molecule has 0 amide bonds. The van der Waals surface area contributed by atoms with E-state index in [2.05, 4.69) is 10.0 Å². The van der Waals surface area contributed by atoms with Gasteiger partial charge < -0.3 is 5.32 Å². The monoisotopic (exact) mass is 310 g/mol. The molecule has 0 atom stereocenters. The summed E-state index contributed by atoms with van der Waals surface area (Å²) in [5, 5.41) is 3.66. The molecular formula is C11H16Cl2N2O2S. The average Bonchev–Trinajstić information content (AvgIpc) is 2.32. The van der Waals surface area contributed by atoms with Gasteiger partial charge in [-0.25, -0.2) is 13.1 Å². The van der Waals surface area contributed by atoms with Crippen molar-refractivity contribution in [2.75, 3.05) is 19.6 Å². The Balaban J connectivity index is 2.60. The Bertz CT molecular complexity index is 492. The molecule has 1 aromatic rings. The predicted molar refractivity (Wildman–Crippen MR) is 74.8 cm³/mol. The average molecular weight is 311 g/mol. The van der Waals surface area contributed by atoms with Crippen LogP contribution in [-0.4, -0.2) is 28.1 Å². The van der Waals surface area contributed by atoms with Gasteiger partial charge in [-0.2, -0.15) is 0 Å². The van der Waals surface area contributed by atoms with E-state index < -0.39 is 10.0 Å². The summed E-state index contributed by atoms with van der Waals surface area (Å²) < 4.78 is 26.3. The second kappa shape index (κ2) is 7.31. The van der Waals surface area contributed by atoms with E-state index in [1.54, 1.807) is 0 Å². The van der Waals surface area contributed by atoms with E-state index in [1.807, 2.05) is 6.92 Å². The highest BCUT2D eigenvalue weighted by Gasteiger charge is 2.14. The third kappa shape index (κ3) is 4.74. The normalized spacial score (nSPS) is 11.7. The van der Waals surface area contributed by atoms with Gasteiger partial charge in [0.2, 0.25) is 10.0 Å². The lowest BCUT2D eigenvalue weighted by Gasteiger charge is -2.08. The van der Waals surface area contributed by atoms with Crippen LogP contribution in [0.15, 0.2) is 23.1 Å². The van der Waals surface area contributed by atoms with Gasteiger partial charge in [0.1, 0.15) is 0 Å². The van der Waals surface area contributed by atoms with Crippen LogP contribution in [0.3, 0.4) is 0 Å². The molecule has 0 heterocycles. The van der Waals surface area contributed by atoms with Gasteiger partial charge >= 0.3 is 0 Å². The van der Waals surface area contributed by atoms with Crippen LogP contribution in [0.1, 0.15) is 13.3 Å². The molecule has 0 aromatic heterocycles. The van der Waals surface area contributed by atoms with Crippen LogP contribution < -0.4 is 10.0 Å². The highest BCUT2D eigenvalue weighted by atomic mass is 35.5. The van der Waals surface area contributed by atoms with Crippen LogP contribution >= 0.6 is 23.2 Å². The highest BCUT2D eigenvalue weighted by molar-refractivity contribution is 7.89. The van der Waals surface area contributed by atoms with Crippen molar-refractivity contribution in [1.82, 2.24) is 10.0 Å². The first-order valence-electron chi connectivity index (χ1n) is 5.63. The van der Waals surface area contributed by atoms with E-state index in [-0.39, 0.29) is 9.92 Å². The summed E-state index contributed by atoms with van der Waals surface area (Å²) >= 11 is 11.5. The zero-order valence-corrected chi connectivity index (χ0v) is 12.4. The van der Waals surface area contributed by atoms with Crippen molar-refractivity contribution in [3.63, 3.8) is 0 Å². The molecule has 1 aromatic carbocycles. The number of rotatable bonds is 7. The largest absolute Gasteiger partial charge is 0.315 e. The lowest BCUT2D eigenvalue weighted by Crippen LogP contribution is -2.32. The second-order valence-corrected chi connectivity index (χ2v) is 6.31. The van der Waals surface area contributed by atoms with E-state index in [0.717, 1.165) is 13.0 Å². The maximum absolute atomic E-state index is 11.9. The van der Waals surface area contributed by atoms with Crippen molar-refractivity contribution in [3.05, 3.63) is 28.2 Å². The molecule has 0 bridgehead atoms. The van der Waals surface area contributed by atoms with E-state index in [0.29, 0.717) is 18.1 Å². The van der Waals surface area contributed by atoms with Crippen LogP contribution in [0, 0.1) is 0 Å². The van der Waals surface area contributed by atoms with Crippen LogP contribution in [0.2, 0.25) is 10.0 Å². The summed E-state index contributed by atoms with van der Waals surface area (Å²) in [4.78, 5) is 0.118. The zero-order chi connectivity index (χ0) is 13.6. The molecule has 1 rings (SSSR count). The van der Waals surface area contributed by atoms with Gasteiger partial charge in [0.25, 0.3) is 0 Å². The predicted octanol–water partition coefficient (Wildman–Crippen LogP) is 2.27. The molecule has 7 heteroatoms. The highest BCUT2D eigenvalue weighted by Crippen LogP contribution is 2.24. The van der Waals surface area contributed by atoms with Crippen molar-refractivity contribution in [2.45, 2.75) is 18.2 Å². The number of hydrogen-bond donors (Lipinski definition) is 2. The first kappa shape index (κ1) is 15.7. The Morgan fingerprint density at radius 2 is 1.83 bits per heavy atom. The van der Waals surface area contributed by atoms with Gasteiger partial charge in [0, 0.05) is 13.1 Å². The number of benzene rings is 1. The Labute approximate surface area is 118 Å². The van der Waals surface area contributed by atoms with Gasteiger partial charge in [0.05, 0.1) is 14.9 Å². The molecule has 0 radical (unpaired) electrons. The zero-order valence-electron chi connectivity index (χ0n) is 10.0. The molecule has 4 nitrogen and oxygen atoms in total. The first-order valence-corrected chi connectivity index (χ1v) is 7.86. The lowest BCUT2D eigenvalue weighted by molar-refractivity contribution is 0.575. The van der Waals surface area contributed by atoms with E-state index in [9.17, 15) is 8.42 Å². The van der Waals surface area contributed by atoms with E-state index in [1.165, 1.54) is 18.2 Å². The number of hydrogen-bond acceptors (Lipinski definition) is 3. The van der Waals surface area contributed by atoms with Gasteiger partial charge in [0.15, 0.2) is 0 Å². The van der Waals surface area contributed by atoms with Gasteiger partial charge in [-0.15, -0.1) is 0 Å². The van der Waals surface area contributed by atoms with Crippen molar-refractivity contribution >= 4 is 33.2 Å². The molecule has 0 aliphatic rings. The molecule has 0 saturated carbocycles. The minimum atomic E-state index is -3.52. The summed E-state index contributed by atoms with van der Waals surface area (Å²) in [5.41, 5.74) is 0. The maximum Gasteiger partial charge on any atom is 0.240 e. The Kier molecular flexibility index (Phi) is 6.38. The SMILES string of the molecule is CCCNCCNS(=O)(=O)c1ccc(Cl)c(Cl)c1. The van der Waals surface area contributed by atoms with E-state index in [4.69, 9.17) is 23.2 Å². The van der Waals surface area contributed by atoms with Gasteiger partial charge in [-0.3, -0.25) is 0 Å². The molecule has 0 spiro atoms. The molecule has 18 heavy (non-hydrogen) atoms. The third-order valence-corrected chi connectivity index (χ3v) is 4.42. The lowest BCUT2D eigenvalue weighted by atomic mass is 10.4. The van der Waals surface area contributed by atoms with Crippen LogP contribution in [-0.2, 0) is 10.0 Å². The first-order chi connectivity index (χ1) is 8.47. The summed E-state index contributed by atoms with van der Waals surface area (Å²) in [5.74, 6) is 0.